The molecule has 6 unspecified atom stereocenters. The fraction of sp³-hybridized carbons (Fsp3) is 1.00. The average Bonchev–Trinajstić information content (AvgIpc) is 3.05. The van der Waals surface area contributed by atoms with Crippen molar-refractivity contribution in [3.63, 3.8) is 0 Å². The molecular weight excluding hydrogens is 284 g/mol. The van der Waals surface area contributed by atoms with Crippen molar-refractivity contribution >= 4 is 0 Å². The lowest BCUT2D eigenvalue weighted by molar-refractivity contribution is -0.244. The van der Waals surface area contributed by atoms with Crippen molar-refractivity contribution in [1.29, 1.82) is 0 Å². The molecule has 4 fully saturated rings. The van der Waals surface area contributed by atoms with Crippen molar-refractivity contribution in [3.05, 3.63) is 0 Å². The van der Waals surface area contributed by atoms with Crippen LogP contribution in [0.25, 0.3) is 0 Å². The number of fused-ring (bicyclic) bond motifs is 4. The van der Waals surface area contributed by atoms with E-state index in [9.17, 15) is 17.6 Å². The van der Waals surface area contributed by atoms with Gasteiger partial charge in [-0.05, 0) is 61.2 Å². The van der Waals surface area contributed by atoms with Gasteiger partial charge in [-0.25, -0.2) is 0 Å². The lowest BCUT2D eigenvalue weighted by Crippen LogP contribution is -2.46. The minimum atomic E-state index is -4.04. The normalized spacial score (nSPS) is 53.9. The van der Waals surface area contributed by atoms with E-state index in [2.05, 4.69) is 6.92 Å². The Morgan fingerprint density at radius 3 is 2.29 bits per heavy atom. The van der Waals surface area contributed by atoms with Crippen LogP contribution in [0.3, 0.4) is 0 Å². The van der Waals surface area contributed by atoms with Crippen molar-refractivity contribution in [2.45, 2.75) is 63.4 Å². The highest BCUT2D eigenvalue weighted by molar-refractivity contribution is 5.07. The van der Waals surface area contributed by atoms with E-state index in [1.165, 1.54) is 0 Å². The van der Waals surface area contributed by atoms with Crippen molar-refractivity contribution in [1.82, 2.24) is 0 Å². The summed E-state index contributed by atoms with van der Waals surface area (Å²) in [5.41, 5.74) is 0.169. The molecule has 0 spiro atoms. The van der Waals surface area contributed by atoms with Gasteiger partial charge in [0, 0.05) is 6.42 Å². The zero-order valence-electron chi connectivity index (χ0n) is 12.3. The summed E-state index contributed by atoms with van der Waals surface area (Å²) >= 11 is 0. The van der Waals surface area contributed by atoms with E-state index in [-0.39, 0.29) is 23.4 Å². The van der Waals surface area contributed by atoms with Crippen LogP contribution in [0.2, 0.25) is 0 Å². The van der Waals surface area contributed by atoms with Crippen molar-refractivity contribution < 1.29 is 22.3 Å². The van der Waals surface area contributed by atoms with Gasteiger partial charge in [-0.3, -0.25) is 0 Å². The van der Waals surface area contributed by atoms with Crippen molar-refractivity contribution in [2.75, 3.05) is 6.61 Å². The van der Waals surface area contributed by atoms with Crippen molar-refractivity contribution in [3.8, 4) is 0 Å². The summed E-state index contributed by atoms with van der Waals surface area (Å²) in [5, 5.41) is 0. The van der Waals surface area contributed by atoms with Gasteiger partial charge in [0.2, 0.25) is 0 Å². The molecule has 1 nitrogen and oxygen atoms in total. The maximum atomic E-state index is 13.9. The van der Waals surface area contributed by atoms with Gasteiger partial charge in [0.05, 0.1) is 6.10 Å². The highest BCUT2D eigenvalue weighted by Gasteiger charge is 2.63. The zero-order valence-corrected chi connectivity index (χ0v) is 12.3. The molecular formula is C16H22F4O. The maximum Gasteiger partial charge on any atom is 0.332 e. The number of alkyl halides is 4. The van der Waals surface area contributed by atoms with Crippen molar-refractivity contribution in [2.24, 2.45) is 29.1 Å². The first-order valence-corrected chi connectivity index (χ1v) is 8.06. The molecule has 21 heavy (non-hydrogen) atoms. The summed E-state index contributed by atoms with van der Waals surface area (Å²) in [6, 6.07) is 0. The highest BCUT2D eigenvalue weighted by Crippen LogP contribution is 2.64. The average molecular weight is 306 g/mol. The Morgan fingerprint density at radius 2 is 1.52 bits per heavy atom. The van der Waals surface area contributed by atoms with Crippen LogP contribution in [-0.2, 0) is 4.74 Å². The molecule has 0 aromatic carbocycles. The van der Waals surface area contributed by atoms with Crippen LogP contribution in [0.1, 0.15) is 45.4 Å². The minimum Gasteiger partial charge on any atom is -0.372 e. The van der Waals surface area contributed by atoms with Gasteiger partial charge in [-0.15, -0.1) is 0 Å². The second-order valence-corrected chi connectivity index (χ2v) is 8.29. The second-order valence-electron chi connectivity index (χ2n) is 8.29. The van der Waals surface area contributed by atoms with E-state index in [4.69, 9.17) is 4.74 Å². The Kier molecular flexibility index (Phi) is 2.82. The largest absolute Gasteiger partial charge is 0.372 e. The summed E-state index contributed by atoms with van der Waals surface area (Å²) in [6.07, 6.45) is 3.50. The molecule has 120 valence electrons. The molecule has 3 bridgehead atoms. The Balaban J connectivity index is 1.64. The van der Waals surface area contributed by atoms with Gasteiger partial charge in [0.25, 0.3) is 0 Å². The van der Waals surface area contributed by atoms with Gasteiger partial charge in [-0.1, -0.05) is 6.92 Å². The Morgan fingerprint density at radius 1 is 0.810 bits per heavy atom. The Bertz CT molecular complexity index is 452. The molecule has 1 saturated heterocycles. The van der Waals surface area contributed by atoms with E-state index in [0.717, 1.165) is 25.7 Å². The topological polar surface area (TPSA) is 9.23 Å². The van der Waals surface area contributed by atoms with Crippen LogP contribution < -0.4 is 0 Å². The summed E-state index contributed by atoms with van der Waals surface area (Å²) in [7, 11) is 0. The first-order valence-electron chi connectivity index (χ1n) is 8.06. The number of ether oxygens (including phenoxy) is 1. The fourth-order valence-corrected chi connectivity index (χ4v) is 5.46. The third kappa shape index (κ3) is 2.22. The lowest BCUT2D eigenvalue weighted by Gasteiger charge is -2.36. The molecule has 0 radical (unpaired) electrons. The molecule has 5 heteroatoms. The monoisotopic (exact) mass is 306 g/mol. The van der Waals surface area contributed by atoms with Crippen LogP contribution in [-0.4, -0.2) is 24.6 Å². The number of hydrogen-bond acceptors (Lipinski definition) is 1. The van der Waals surface area contributed by atoms with Crippen LogP contribution in [0.4, 0.5) is 17.6 Å². The van der Waals surface area contributed by atoms with Gasteiger partial charge in [0.1, 0.15) is 6.61 Å². The third-order valence-electron chi connectivity index (χ3n) is 6.46. The minimum absolute atomic E-state index is 0.169. The molecule has 3 aliphatic carbocycles. The molecule has 1 aliphatic heterocycles. The SMILES string of the molecule is CC12CC3CC(C1)C(C2)C1CC1CC(F)(F)C(F)(F)CO3. The maximum absolute atomic E-state index is 13.9. The second kappa shape index (κ2) is 4.15. The van der Waals surface area contributed by atoms with Gasteiger partial charge in [0.15, 0.2) is 0 Å². The Hall–Kier alpha value is -0.320. The van der Waals surface area contributed by atoms with Crippen LogP contribution in [0.5, 0.6) is 0 Å². The van der Waals surface area contributed by atoms with Gasteiger partial charge >= 0.3 is 11.8 Å². The predicted molar refractivity (Wildman–Crippen MR) is 69.4 cm³/mol. The number of rotatable bonds is 0. The molecule has 3 saturated carbocycles. The van der Waals surface area contributed by atoms with Gasteiger partial charge < -0.3 is 4.74 Å². The molecule has 4 rings (SSSR count). The van der Waals surface area contributed by atoms with E-state index >= 15 is 0 Å². The number of hydrogen-bond donors (Lipinski definition) is 0. The van der Waals surface area contributed by atoms with Crippen LogP contribution in [0.15, 0.2) is 0 Å². The molecule has 4 aliphatic rings. The van der Waals surface area contributed by atoms with E-state index in [1.807, 2.05) is 0 Å². The third-order valence-corrected chi connectivity index (χ3v) is 6.46. The van der Waals surface area contributed by atoms with E-state index in [1.54, 1.807) is 0 Å². The predicted octanol–water partition coefficient (Wildman–Crippen LogP) is 4.51. The molecule has 0 amide bonds. The number of halogens is 4. The van der Waals surface area contributed by atoms with E-state index < -0.39 is 24.9 Å². The smallest absolute Gasteiger partial charge is 0.332 e. The highest BCUT2D eigenvalue weighted by atomic mass is 19.3. The molecule has 0 aromatic heterocycles. The van der Waals surface area contributed by atoms with E-state index in [0.29, 0.717) is 18.3 Å². The molecule has 6 atom stereocenters. The quantitative estimate of drug-likeness (QED) is 0.598. The zero-order chi connectivity index (χ0) is 15.0. The first kappa shape index (κ1) is 14.3. The first-order chi connectivity index (χ1) is 9.69. The molecule has 0 aromatic rings. The summed E-state index contributed by atoms with van der Waals surface area (Å²) in [6.45, 7) is 1.08. The fourth-order valence-electron chi connectivity index (χ4n) is 5.46. The lowest BCUT2D eigenvalue weighted by atomic mass is 9.76. The summed E-state index contributed by atoms with van der Waals surface area (Å²) in [5.74, 6) is -6.99. The van der Waals surface area contributed by atoms with Crippen LogP contribution >= 0.6 is 0 Å². The summed E-state index contributed by atoms with van der Waals surface area (Å²) < 4.78 is 60.7. The Labute approximate surface area is 122 Å². The van der Waals surface area contributed by atoms with Crippen LogP contribution in [0, 0.1) is 29.1 Å². The van der Waals surface area contributed by atoms with Gasteiger partial charge in [-0.2, -0.15) is 17.6 Å². The standard InChI is InChI=1S/C16H22F4O/c1-14-4-9-2-11(6-14)21-8-16(19,20)15(17,18)5-10-3-12(10)13(9)7-14/h9-13H,2-8H2,1H3. The summed E-state index contributed by atoms with van der Waals surface area (Å²) in [4.78, 5) is 0. The molecule has 0 N–H and O–H groups in total. The molecule has 1 heterocycles.